The summed E-state index contributed by atoms with van der Waals surface area (Å²) in [6.07, 6.45) is 1.73. The van der Waals surface area contributed by atoms with Crippen molar-refractivity contribution in [2.24, 2.45) is 0 Å². The van der Waals surface area contributed by atoms with Crippen LogP contribution in [0.4, 0.5) is 15.9 Å². The maximum atomic E-state index is 14.0. The number of nitrogens with two attached hydrogens (primary N) is 1. The summed E-state index contributed by atoms with van der Waals surface area (Å²) in [5.74, 6) is 0.797. The molecule has 6 heteroatoms. The summed E-state index contributed by atoms with van der Waals surface area (Å²) in [4.78, 5) is 10.9. The molecule has 0 atom stereocenters. The minimum atomic E-state index is -0.410. The van der Waals surface area contributed by atoms with Gasteiger partial charge in [0.1, 0.15) is 11.6 Å². The van der Waals surface area contributed by atoms with E-state index in [9.17, 15) is 4.39 Å². The third-order valence-corrected chi connectivity index (χ3v) is 3.49. The molecule has 0 spiro atoms. The van der Waals surface area contributed by atoms with Crippen LogP contribution in [0.3, 0.4) is 0 Å². The Hall–Kier alpha value is -2.21. The van der Waals surface area contributed by atoms with Gasteiger partial charge in [0.25, 0.3) is 0 Å². The number of morpholine rings is 1. The average Bonchev–Trinajstić information content (AvgIpc) is 2.49. The molecule has 0 unspecified atom stereocenters. The zero-order valence-electron chi connectivity index (χ0n) is 11.8. The van der Waals surface area contributed by atoms with Crippen molar-refractivity contribution in [1.82, 2.24) is 9.97 Å². The van der Waals surface area contributed by atoms with Gasteiger partial charge in [-0.25, -0.2) is 14.4 Å². The number of anilines is 2. The molecule has 3 rings (SSSR count). The van der Waals surface area contributed by atoms with E-state index in [1.165, 1.54) is 6.07 Å². The van der Waals surface area contributed by atoms with E-state index in [-0.39, 0.29) is 0 Å². The maximum absolute atomic E-state index is 14.0. The highest BCUT2D eigenvalue weighted by Gasteiger charge is 2.17. The van der Waals surface area contributed by atoms with Crippen molar-refractivity contribution >= 4 is 11.5 Å². The number of nitrogen functional groups attached to an aromatic ring is 1. The number of rotatable bonds is 2. The molecule has 0 radical (unpaired) electrons. The van der Waals surface area contributed by atoms with Gasteiger partial charge in [0.05, 0.1) is 18.8 Å². The fourth-order valence-corrected chi connectivity index (χ4v) is 2.37. The van der Waals surface area contributed by atoms with Crippen molar-refractivity contribution < 1.29 is 9.13 Å². The molecule has 1 aliphatic rings. The zero-order chi connectivity index (χ0) is 14.8. The molecule has 0 aliphatic carbocycles. The normalized spacial score (nSPS) is 15.2. The Labute approximate surface area is 122 Å². The Bertz CT molecular complexity index is 656. The molecule has 1 fully saturated rings. The highest BCUT2D eigenvalue weighted by Crippen LogP contribution is 2.25. The van der Waals surface area contributed by atoms with Crippen LogP contribution in [-0.2, 0) is 4.74 Å². The Balaban J connectivity index is 2.00. The summed E-state index contributed by atoms with van der Waals surface area (Å²) >= 11 is 0. The SMILES string of the molecule is Cc1cnc(-c2ccc(N)cc2F)nc1N1CCOCC1. The van der Waals surface area contributed by atoms with Gasteiger partial charge >= 0.3 is 0 Å². The largest absolute Gasteiger partial charge is 0.399 e. The number of aromatic nitrogens is 2. The first-order valence-electron chi connectivity index (χ1n) is 6.87. The molecule has 0 amide bonds. The number of hydrogen-bond acceptors (Lipinski definition) is 5. The Morgan fingerprint density at radius 2 is 2.05 bits per heavy atom. The monoisotopic (exact) mass is 288 g/mol. The predicted molar refractivity (Wildman–Crippen MR) is 79.6 cm³/mol. The standard InChI is InChI=1S/C15H17FN4O/c1-10-9-18-14(12-3-2-11(17)8-13(12)16)19-15(10)20-4-6-21-7-5-20/h2-3,8-9H,4-7,17H2,1H3. The fourth-order valence-electron chi connectivity index (χ4n) is 2.37. The lowest BCUT2D eigenvalue weighted by Gasteiger charge is -2.29. The maximum Gasteiger partial charge on any atom is 0.164 e. The van der Waals surface area contributed by atoms with Crippen LogP contribution in [-0.4, -0.2) is 36.3 Å². The molecule has 1 aliphatic heterocycles. The second kappa shape index (κ2) is 5.65. The minimum Gasteiger partial charge on any atom is -0.399 e. The summed E-state index contributed by atoms with van der Waals surface area (Å²) in [5.41, 5.74) is 7.29. The summed E-state index contributed by atoms with van der Waals surface area (Å²) in [7, 11) is 0. The third kappa shape index (κ3) is 2.80. The summed E-state index contributed by atoms with van der Waals surface area (Å²) in [6.45, 7) is 4.86. The highest BCUT2D eigenvalue weighted by molar-refractivity contribution is 5.62. The summed E-state index contributed by atoms with van der Waals surface area (Å²) in [6, 6.07) is 4.54. The van der Waals surface area contributed by atoms with Crippen molar-refractivity contribution in [2.45, 2.75) is 6.92 Å². The number of nitrogens with zero attached hydrogens (tertiary/aromatic N) is 3. The fraction of sp³-hybridized carbons (Fsp3) is 0.333. The van der Waals surface area contributed by atoms with Crippen molar-refractivity contribution in [1.29, 1.82) is 0 Å². The second-order valence-corrected chi connectivity index (χ2v) is 5.04. The van der Waals surface area contributed by atoms with Crippen LogP contribution in [0.5, 0.6) is 0 Å². The number of halogens is 1. The van der Waals surface area contributed by atoms with Crippen LogP contribution < -0.4 is 10.6 Å². The summed E-state index contributed by atoms with van der Waals surface area (Å²) < 4.78 is 19.4. The van der Waals surface area contributed by atoms with E-state index < -0.39 is 5.82 Å². The molecule has 1 aromatic carbocycles. The number of benzene rings is 1. The Morgan fingerprint density at radius 3 is 2.76 bits per heavy atom. The minimum absolute atomic E-state index is 0.360. The quantitative estimate of drug-likeness (QED) is 0.856. The Morgan fingerprint density at radius 1 is 1.29 bits per heavy atom. The smallest absolute Gasteiger partial charge is 0.164 e. The lowest BCUT2D eigenvalue weighted by molar-refractivity contribution is 0.122. The summed E-state index contributed by atoms with van der Waals surface area (Å²) in [5, 5.41) is 0. The van der Waals surface area contributed by atoms with Gasteiger partial charge in [-0.05, 0) is 25.1 Å². The van der Waals surface area contributed by atoms with Gasteiger partial charge < -0.3 is 15.4 Å². The van der Waals surface area contributed by atoms with Crippen molar-refractivity contribution in [3.05, 3.63) is 35.8 Å². The van der Waals surface area contributed by atoms with E-state index in [1.807, 2.05) is 6.92 Å². The number of hydrogen-bond donors (Lipinski definition) is 1. The topological polar surface area (TPSA) is 64.3 Å². The Kier molecular flexibility index (Phi) is 3.70. The van der Waals surface area contributed by atoms with Crippen LogP contribution in [0, 0.1) is 12.7 Å². The van der Waals surface area contributed by atoms with E-state index in [1.54, 1.807) is 18.3 Å². The first-order valence-corrected chi connectivity index (χ1v) is 6.87. The molecule has 5 nitrogen and oxygen atoms in total. The van der Waals surface area contributed by atoms with Crippen LogP contribution in [0.25, 0.3) is 11.4 Å². The lowest BCUT2D eigenvalue weighted by atomic mass is 10.1. The number of ether oxygens (including phenoxy) is 1. The average molecular weight is 288 g/mol. The van der Waals surface area contributed by atoms with Gasteiger partial charge in [0, 0.05) is 30.5 Å². The van der Waals surface area contributed by atoms with Gasteiger partial charge in [0.15, 0.2) is 5.82 Å². The van der Waals surface area contributed by atoms with Crippen molar-refractivity contribution in [3.63, 3.8) is 0 Å². The van der Waals surface area contributed by atoms with Gasteiger partial charge in [-0.2, -0.15) is 0 Å². The van der Waals surface area contributed by atoms with Crippen LogP contribution in [0.15, 0.2) is 24.4 Å². The van der Waals surface area contributed by atoms with Crippen molar-refractivity contribution in [2.75, 3.05) is 36.9 Å². The molecule has 110 valence electrons. The lowest BCUT2D eigenvalue weighted by Crippen LogP contribution is -2.37. The predicted octanol–water partition coefficient (Wildman–Crippen LogP) is 2.01. The molecule has 2 aromatic rings. The molecule has 2 N–H and O–H groups in total. The van der Waals surface area contributed by atoms with E-state index in [2.05, 4.69) is 14.9 Å². The molecule has 1 aromatic heterocycles. The molecular weight excluding hydrogens is 271 g/mol. The second-order valence-electron chi connectivity index (χ2n) is 5.04. The first-order chi connectivity index (χ1) is 10.1. The van der Waals surface area contributed by atoms with E-state index >= 15 is 0 Å². The molecule has 1 saturated heterocycles. The van der Waals surface area contributed by atoms with Crippen LogP contribution in [0.2, 0.25) is 0 Å². The third-order valence-electron chi connectivity index (χ3n) is 3.49. The van der Waals surface area contributed by atoms with Gasteiger partial charge in [-0.1, -0.05) is 0 Å². The van der Waals surface area contributed by atoms with Crippen LogP contribution in [0.1, 0.15) is 5.56 Å². The molecule has 0 saturated carbocycles. The van der Waals surface area contributed by atoms with Gasteiger partial charge in [-0.3, -0.25) is 0 Å². The molecule has 0 bridgehead atoms. The van der Waals surface area contributed by atoms with Crippen LogP contribution >= 0.6 is 0 Å². The van der Waals surface area contributed by atoms with Gasteiger partial charge in [0.2, 0.25) is 0 Å². The number of aryl methyl sites for hydroxylation is 1. The highest BCUT2D eigenvalue weighted by atomic mass is 19.1. The van der Waals surface area contributed by atoms with Crippen molar-refractivity contribution in [3.8, 4) is 11.4 Å². The van der Waals surface area contributed by atoms with E-state index in [0.29, 0.717) is 30.3 Å². The van der Waals surface area contributed by atoms with Gasteiger partial charge in [-0.15, -0.1) is 0 Å². The zero-order valence-corrected chi connectivity index (χ0v) is 11.8. The molecule has 2 heterocycles. The van der Waals surface area contributed by atoms with E-state index in [0.717, 1.165) is 24.5 Å². The molecule has 21 heavy (non-hydrogen) atoms. The molecular formula is C15H17FN4O. The van der Waals surface area contributed by atoms with E-state index in [4.69, 9.17) is 10.5 Å². The first kappa shape index (κ1) is 13.8.